The molecule has 1 aliphatic carbocycles. The molecule has 2 atom stereocenters. The van der Waals surface area contributed by atoms with Crippen LogP contribution in [0.1, 0.15) is 65.7 Å². The molecule has 16 heavy (non-hydrogen) atoms. The van der Waals surface area contributed by atoms with Crippen LogP contribution < -0.4 is 5.32 Å². The lowest BCUT2D eigenvalue weighted by Gasteiger charge is -2.33. The zero-order valence-electron chi connectivity index (χ0n) is 11.3. The van der Waals surface area contributed by atoms with Crippen molar-refractivity contribution in [3.8, 4) is 0 Å². The van der Waals surface area contributed by atoms with E-state index in [1.54, 1.807) is 0 Å². The fourth-order valence-electron chi connectivity index (χ4n) is 3.00. The largest absolute Gasteiger partial charge is 0.396 e. The van der Waals surface area contributed by atoms with Crippen molar-refractivity contribution in [2.24, 2.45) is 5.41 Å². The molecule has 0 radical (unpaired) electrons. The summed E-state index contributed by atoms with van der Waals surface area (Å²) in [4.78, 5) is 0. The van der Waals surface area contributed by atoms with Crippen molar-refractivity contribution in [2.45, 2.75) is 77.8 Å². The Labute approximate surface area is 101 Å². The van der Waals surface area contributed by atoms with Crippen molar-refractivity contribution in [3.05, 3.63) is 0 Å². The molecule has 2 N–H and O–H groups in total. The molecule has 0 amide bonds. The number of hydrogen-bond donors (Lipinski definition) is 2. The molecule has 2 nitrogen and oxygen atoms in total. The van der Waals surface area contributed by atoms with Crippen LogP contribution in [0.25, 0.3) is 0 Å². The lowest BCUT2D eigenvalue weighted by Crippen LogP contribution is -2.46. The standard InChI is InChI=1S/C14H29NO/c1-4-7-12(8-5-2)15-13-9-6-10-14(13,3)11-16/h12-13,15-16H,4-11H2,1-3H3. The van der Waals surface area contributed by atoms with Gasteiger partial charge in [-0.25, -0.2) is 0 Å². The third-order valence-electron chi connectivity index (χ3n) is 4.15. The molecule has 1 rings (SSSR count). The second-order valence-electron chi connectivity index (χ2n) is 5.70. The molecule has 96 valence electrons. The van der Waals surface area contributed by atoms with E-state index in [1.807, 2.05) is 0 Å². The molecule has 0 aromatic rings. The minimum Gasteiger partial charge on any atom is -0.396 e. The molecule has 2 heteroatoms. The zero-order chi connectivity index (χ0) is 12.0. The first-order valence-electron chi connectivity index (χ1n) is 7.03. The maximum Gasteiger partial charge on any atom is 0.0499 e. The number of aliphatic hydroxyl groups is 1. The summed E-state index contributed by atoms with van der Waals surface area (Å²) in [6.07, 6.45) is 8.71. The Bertz CT molecular complexity index is 189. The highest BCUT2D eigenvalue weighted by Gasteiger charge is 2.38. The van der Waals surface area contributed by atoms with Crippen molar-refractivity contribution in [3.63, 3.8) is 0 Å². The van der Waals surface area contributed by atoms with Gasteiger partial charge in [-0.3, -0.25) is 0 Å². The van der Waals surface area contributed by atoms with Crippen LogP contribution in [0.15, 0.2) is 0 Å². The highest BCUT2D eigenvalue weighted by Crippen LogP contribution is 2.37. The van der Waals surface area contributed by atoms with Crippen molar-refractivity contribution in [2.75, 3.05) is 6.61 Å². The number of rotatable bonds is 7. The van der Waals surface area contributed by atoms with Crippen LogP contribution in [-0.4, -0.2) is 23.8 Å². The van der Waals surface area contributed by atoms with Gasteiger partial charge in [0.2, 0.25) is 0 Å². The molecule has 0 aromatic heterocycles. The molecule has 1 saturated carbocycles. The van der Waals surface area contributed by atoms with Crippen LogP contribution in [-0.2, 0) is 0 Å². The van der Waals surface area contributed by atoms with Crippen molar-refractivity contribution in [1.82, 2.24) is 5.32 Å². The van der Waals surface area contributed by atoms with Gasteiger partial charge in [0.05, 0.1) is 0 Å². The molecule has 0 bridgehead atoms. The van der Waals surface area contributed by atoms with E-state index >= 15 is 0 Å². The van der Waals surface area contributed by atoms with E-state index in [0.29, 0.717) is 18.7 Å². The minimum absolute atomic E-state index is 0.125. The molecular weight excluding hydrogens is 198 g/mol. The fraction of sp³-hybridized carbons (Fsp3) is 1.00. The molecule has 0 spiro atoms. The Morgan fingerprint density at radius 1 is 1.31 bits per heavy atom. The molecule has 2 unspecified atom stereocenters. The van der Waals surface area contributed by atoms with Gasteiger partial charge >= 0.3 is 0 Å². The van der Waals surface area contributed by atoms with Crippen LogP contribution in [0, 0.1) is 5.41 Å². The first kappa shape index (κ1) is 14.0. The maximum absolute atomic E-state index is 9.53. The first-order chi connectivity index (χ1) is 7.66. The second-order valence-corrected chi connectivity index (χ2v) is 5.70. The normalized spacial score (nSPS) is 30.2. The predicted octanol–water partition coefficient (Wildman–Crippen LogP) is 3.10. The monoisotopic (exact) mass is 227 g/mol. The summed E-state index contributed by atoms with van der Waals surface area (Å²) >= 11 is 0. The minimum atomic E-state index is 0.125. The van der Waals surface area contributed by atoms with E-state index in [2.05, 4.69) is 26.1 Å². The summed E-state index contributed by atoms with van der Waals surface area (Å²) in [6.45, 7) is 7.07. The predicted molar refractivity (Wildman–Crippen MR) is 69.6 cm³/mol. The Balaban J connectivity index is 2.49. The summed E-state index contributed by atoms with van der Waals surface area (Å²) in [5.74, 6) is 0. The van der Waals surface area contributed by atoms with Crippen LogP contribution in [0.2, 0.25) is 0 Å². The SMILES string of the molecule is CCCC(CCC)NC1CCCC1(C)CO. The Hall–Kier alpha value is -0.0800. The number of hydrogen-bond acceptors (Lipinski definition) is 2. The molecule has 1 aliphatic rings. The van der Waals surface area contributed by atoms with Gasteiger partial charge in [0.1, 0.15) is 0 Å². The summed E-state index contributed by atoms with van der Waals surface area (Å²) in [5, 5.41) is 13.3. The van der Waals surface area contributed by atoms with Gasteiger partial charge in [-0.1, -0.05) is 40.0 Å². The second kappa shape index (κ2) is 6.61. The molecule has 1 fully saturated rings. The lowest BCUT2D eigenvalue weighted by atomic mass is 9.85. The lowest BCUT2D eigenvalue weighted by molar-refractivity contribution is 0.111. The third kappa shape index (κ3) is 3.46. The van der Waals surface area contributed by atoms with Crippen LogP contribution in [0.4, 0.5) is 0 Å². The molecular formula is C14H29NO. The first-order valence-corrected chi connectivity index (χ1v) is 7.03. The summed E-state index contributed by atoms with van der Waals surface area (Å²) in [7, 11) is 0. The summed E-state index contributed by atoms with van der Waals surface area (Å²) in [5.41, 5.74) is 0.125. The molecule has 0 aliphatic heterocycles. The molecule has 0 aromatic carbocycles. The van der Waals surface area contributed by atoms with Crippen LogP contribution >= 0.6 is 0 Å². The van der Waals surface area contributed by atoms with Gasteiger partial charge in [0.25, 0.3) is 0 Å². The van der Waals surface area contributed by atoms with E-state index in [-0.39, 0.29) is 5.41 Å². The average Bonchev–Trinajstić information content (AvgIpc) is 2.62. The highest BCUT2D eigenvalue weighted by atomic mass is 16.3. The van der Waals surface area contributed by atoms with E-state index in [0.717, 1.165) is 0 Å². The van der Waals surface area contributed by atoms with Gasteiger partial charge in [-0.2, -0.15) is 0 Å². The Morgan fingerprint density at radius 3 is 2.44 bits per heavy atom. The van der Waals surface area contributed by atoms with Gasteiger partial charge in [0.15, 0.2) is 0 Å². The topological polar surface area (TPSA) is 32.3 Å². The van der Waals surface area contributed by atoms with Crippen LogP contribution in [0.5, 0.6) is 0 Å². The quantitative estimate of drug-likeness (QED) is 0.700. The van der Waals surface area contributed by atoms with Gasteiger partial charge < -0.3 is 10.4 Å². The van der Waals surface area contributed by atoms with E-state index in [4.69, 9.17) is 0 Å². The van der Waals surface area contributed by atoms with E-state index in [1.165, 1.54) is 44.9 Å². The van der Waals surface area contributed by atoms with Crippen molar-refractivity contribution >= 4 is 0 Å². The van der Waals surface area contributed by atoms with Crippen LogP contribution in [0.3, 0.4) is 0 Å². The van der Waals surface area contributed by atoms with E-state index < -0.39 is 0 Å². The van der Waals surface area contributed by atoms with Gasteiger partial charge in [0, 0.05) is 24.1 Å². The molecule has 0 heterocycles. The average molecular weight is 227 g/mol. The molecule has 0 saturated heterocycles. The third-order valence-corrected chi connectivity index (χ3v) is 4.15. The van der Waals surface area contributed by atoms with Gasteiger partial charge in [-0.05, 0) is 25.7 Å². The van der Waals surface area contributed by atoms with E-state index in [9.17, 15) is 5.11 Å². The number of aliphatic hydroxyl groups excluding tert-OH is 1. The Morgan fingerprint density at radius 2 is 1.94 bits per heavy atom. The zero-order valence-corrected chi connectivity index (χ0v) is 11.3. The number of nitrogens with one attached hydrogen (secondary N) is 1. The summed E-state index contributed by atoms with van der Waals surface area (Å²) in [6, 6.07) is 1.18. The van der Waals surface area contributed by atoms with Crippen molar-refractivity contribution < 1.29 is 5.11 Å². The Kier molecular flexibility index (Phi) is 5.77. The summed E-state index contributed by atoms with van der Waals surface area (Å²) < 4.78 is 0. The highest BCUT2D eigenvalue weighted by molar-refractivity contribution is 4.94. The van der Waals surface area contributed by atoms with Gasteiger partial charge in [-0.15, -0.1) is 0 Å². The fourth-order valence-corrected chi connectivity index (χ4v) is 3.00. The maximum atomic E-state index is 9.53. The smallest absolute Gasteiger partial charge is 0.0499 e. The van der Waals surface area contributed by atoms with Crippen molar-refractivity contribution in [1.29, 1.82) is 0 Å².